The van der Waals surface area contributed by atoms with E-state index in [0.29, 0.717) is 37.0 Å². The summed E-state index contributed by atoms with van der Waals surface area (Å²) in [6.45, 7) is 6.71. The molecule has 170 valence electrons. The number of amides is 3. The molecule has 0 unspecified atom stereocenters. The highest BCUT2D eigenvalue weighted by Gasteiger charge is 2.22. The smallest absolute Gasteiger partial charge is 0.325 e. The molecule has 9 heteroatoms. The number of anilines is 2. The third-order valence-electron chi connectivity index (χ3n) is 5.30. The van der Waals surface area contributed by atoms with Crippen molar-refractivity contribution >= 4 is 23.3 Å². The Balaban J connectivity index is 1.23. The Hall–Kier alpha value is -3.46. The van der Waals surface area contributed by atoms with Crippen molar-refractivity contribution in [1.82, 2.24) is 10.2 Å². The third kappa shape index (κ3) is 5.42. The molecule has 0 spiro atoms. The van der Waals surface area contributed by atoms with E-state index >= 15 is 0 Å². The van der Waals surface area contributed by atoms with Crippen molar-refractivity contribution in [3.63, 3.8) is 0 Å². The SMILES string of the molecule is CCOc1ccccc1N1CCN(CC(=O)NC(=O)Nc2ccc3c(c2)OCCO3)CC1. The predicted octanol–water partition coefficient (Wildman–Crippen LogP) is 2.33. The van der Waals surface area contributed by atoms with Gasteiger partial charge in [0.1, 0.15) is 19.0 Å². The molecular formula is C23H28N4O5. The van der Waals surface area contributed by atoms with Crippen LogP contribution in [-0.2, 0) is 4.79 Å². The maximum Gasteiger partial charge on any atom is 0.325 e. The van der Waals surface area contributed by atoms with E-state index in [-0.39, 0.29) is 12.5 Å². The van der Waals surface area contributed by atoms with E-state index in [9.17, 15) is 9.59 Å². The summed E-state index contributed by atoms with van der Waals surface area (Å²) < 4.78 is 16.7. The van der Waals surface area contributed by atoms with Crippen LogP contribution in [0.1, 0.15) is 6.92 Å². The summed E-state index contributed by atoms with van der Waals surface area (Å²) in [5.74, 6) is 1.74. The second kappa shape index (κ2) is 10.2. The fourth-order valence-corrected chi connectivity index (χ4v) is 3.80. The van der Waals surface area contributed by atoms with Gasteiger partial charge in [-0.15, -0.1) is 0 Å². The minimum atomic E-state index is -0.573. The normalized spacial score (nSPS) is 15.7. The number of fused-ring (bicyclic) bond motifs is 1. The number of nitrogens with one attached hydrogen (secondary N) is 2. The number of piperazine rings is 1. The summed E-state index contributed by atoms with van der Waals surface area (Å²) in [5, 5.41) is 5.05. The minimum Gasteiger partial charge on any atom is -0.492 e. The molecule has 9 nitrogen and oxygen atoms in total. The number of urea groups is 1. The molecule has 1 saturated heterocycles. The van der Waals surface area contributed by atoms with E-state index < -0.39 is 6.03 Å². The lowest BCUT2D eigenvalue weighted by Crippen LogP contribution is -2.50. The number of nitrogens with zero attached hydrogens (tertiary/aromatic N) is 2. The van der Waals surface area contributed by atoms with Crippen LogP contribution in [0, 0.1) is 0 Å². The summed E-state index contributed by atoms with van der Waals surface area (Å²) in [6.07, 6.45) is 0. The Morgan fingerprint density at radius 1 is 1.00 bits per heavy atom. The molecule has 0 atom stereocenters. The van der Waals surface area contributed by atoms with Crippen molar-refractivity contribution in [3.8, 4) is 17.2 Å². The molecule has 2 aliphatic rings. The van der Waals surface area contributed by atoms with E-state index in [2.05, 4.69) is 21.6 Å². The zero-order valence-electron chi connectivity index (χ0n) is 18.1. The van der Waals surface area contributed by atoms with Crippen LogP contribution in [0.4, 0.5) is 16.2 Å². The molecule has 2 aromatic rings. The Labute approximate surface area is 187 Å². The van der Waals surface area contributed by atoms with Crippen LogP contribution < -0.4 is 29.7 Å². The molecule has 2 heterocycles. The maximum atomic E-state index is 12.3. The average Bonchev–Trinajstić information content (AvgIpc) is 2.80. The molecule has 1 fully saturated rings. The zero-order valence-corrected chi connectivity index (χ0v) is 18.1. The van der Waals surface area contributed by atoms with Gasteiger partial charge >= 0.3 is 6.03 Å². The van der Waals surface area contributed by atoms with Crippen molar-refractivity contribution in [2.24, 2.45) is 0 Å². The molecule has 0 bridgehead atoms. The van der Waals surface area contributed by atoms with Crippen molar-refractivity contribution < 1.29 is 23.8 Å². The monoisotopic (exact) mass is 440 g/mol. The van der Waals surface area contributed by atoms with Crippen LogP contribution in [0.15, 0.2) is 42.5 Å². The van der Waals surface area contributed by atoms with Gasteiger partial charge in [0.15, 0.2) is 11.5 Å². The molecule has 4 rings (SSSR count). The Morgan fingerprint density at radius 2 is 1.75 bits per heavy atom. The van der Waals surface area contributed by atoms with Gasteiger partial charge in [0.05, 0.1) is 18.8 Å². The van der Waals surface area contributed by atoms with Gasteiger partial charge in [-0.05, 0) is 31.2 Å². The van der Waals surface area contributed by atoms with Gasteiger partial charge in [0.25, 0.3) is 0 Å². The first kappa shape index (κ1) is 21.8. The zero-order chi connectivity index (χ0) is 22.3. The van der Waals surface area contributed by atoms with Gasteiger partial charge in [-0.1, -0.05) is 12.1 Å². The topological polar surface area (TPSA) is 92.4 Å². The number of carbonyl (C=O) groups is 2. The molecule has 0 saturated carbocycles. The Kier molecular flexibility index (Phi) is 6.96. The van der Waals surface area contributed by atoms with Crippen LogP contribution in [0.3, 0.4) is 0 Å². The first-order valence-electron chi connectivity index (χ1n) is 10.8. The van der Waals surface area contributed by atoms with Crippen molar-refractivity contribution in [2.75, 3.05) is 62.8 Å². The van der Waals surface area contributed by atoms with Gasteiger partial charge in [0, 0.05) is 37.9 Å². The molecular weight excluding hydrogens is 412 g/mol. The van der Waals surface area contributed by atoms with Gasteiger partial charge in [0.2, 0.25) is 5.91 Å². The number of imide groups is 1. The van der Waals surface area contributed by atoms with Crippen molar-refractivity contribution in [1.29, 1.82) is 0 Å². The van der Waals surface area contributed by atoms with Gasteiger partial charge in [-0.3, -0.25) is 15.0 Å². The van der Waals surface area contributed by atoms with Crippen LogP contribution in [-0.4, -0.2) is 69.4 Å². The van der Waals surface area contributed by atoms with Gasteiger partial charge in [-0.2, -0.15) is 0 Å². The lowest BCUT2D eigenvalue weighted by Gasteiger charge is -2.36. The van der Waals surface area contributed by atoms with E-state index in [1.165, 1.54) is 0 Å². The van der Waals surface area contributed by atoms with Crippen LogP contribution in [0.5, 0.6) is 17.2 Å². The lowest BCUT2D eigenvalue weighted by molar-refractivity contribution is -0.121. The van der Waals surface area contributed by atoms with Gasteiger partial charge < -0.3 is 24.4 Å². The fraction of sp³-hybridized carbons (Fsp3) is 0.391. The van der Waals surface area contributed by atoms with Crippen molar-refractivity contribution in [2.45, 2.75) is 6.92 Å². The summed E-state index contributed by atoms with van der Waals surface area (Å²) in [4.78, 5) is 28.8. The number of ether oxygens (including phenoxy) is 3. The molecule has 2 aromatic carbocycles. The number of rotatable bonds is 6. The lowest BCUT2D eigenvalue weighted by atomic mass is 10.2. The second-order valence-electron chi connectivity index (χ2n) is 7.52. The summed E-state index contributed by atoms with van der Waals surface area (Å²) in [7, 11) is 0. The number of para-hydroxylation sites is 2. The van der Waals surface area contributed by atoms with Crippen LogP contribution >= 0.6 is 0 Å². The molecule has 2 N–H and O–H groups in total. The first-order valence-corrected chi connectivity index (χ1v) is 10.8. The number of benzene rings is 2. The Morgan fingerprint density at radius 3 is 2.53 bits per heavy atom. The fourth-order valence-electron chi connectivity index (χ4n) is 3.80. The molecule has 32 heavy (non-hydrogen) atoms. The molecule has 0 aliphatic carbocycles. The molecule has 3 amide bonds. The molecule has 0 radical (unpaired) electrons. The van der Waals surface area contributed by atoms with Crippen LogP contribution in [0.25, 0.3) is 0 Å². The van der Waals surface area contributed by atoms with E-state index in [1.54, 1.807) is 18.2 Å². The van der Waals surface area contributed by atoms with Crippen molar-refractivity contribution in [3.05, 3.63) is 42.5 Å². The standard InChI is InChI=1S/C23H28N4O5/c1-2-30-19-6-4-3-5-18(19)27-11-9-26(10-12-27)16-22(28)25-23(29)24-17-7-8-20-21(15-17)32-14-13-31-20/h3-8,15H,2,9-14,16H2,1H3,(H2,24,25,28,29). The molecule has 2 aliphatic heterocycles. The summed E-state index contributed by atoms with van der Waals surface area (Å²) in [6, 6.07) is 12.5. The largest absolute Gasteiger partial charge is 0.492 e. The maximum absolute atomic E-state index is 12.3. The second-order valence-corrected chi connectivity index (χ2v) is 7.52. The Bertz CT molecular complexity index is 959. The summed E-state index contributed by atoms with van der Waals surface area (Å²) >= 11 is 0. The first-order chi connectivity index (χ1) is 15.6. The molecule has 0 aromatic heterocycles. The summed E-state index contributed by atoms with van der Waals surface area (Å²) in [5.41, 5.74) is 1.60. The third-order valence-corrected chi connectivity index (χ3v) is 5.30. The van der Waals surface area contributed by atoms with E-state index in [4.69, 9.17) is 14.2 Å². The number of hydrogen-bond acceptors (Lipinski definition) is 7. The quantitative estimate of drug-likeness (QED) is 0.712. The van der Waals surface area contributed by atoms with E-state index in [0.717, 1.165) is 37.6 Å². The number of carbonyl (C=O) groups excluding carboxylic acids is 2. The van der Waals surface area contributed by atoms with E-state index in [1.807, 2.05) is 30.0 Å². The highest BCUT2D eigenvalue weighted by Crippen LogP contribution is 2.32. The van der Waals surface area contributed by atoms with Gasteiger partial charge in [-0.25, -0.2) is 4.79 Å². The highest BCUT2D eigenvalue weighted by molar-refractivity contribution is 6.01. The van der Waals surface area contributed by atoms with Crippen LogP contribution in [0.2, 0.25) is 0 Å². The predicted molar refractivity (Wildman–Crippen MR) is 121 cm³/mol. The average molecular weight is 441 g/mol. The highest BCUT2D eigenvalue weighted by atomic mass is 16.6. The minimum absolute atomic E-state index is 0.162. The number of hydrogen-bond donors (Lipinski definition) is 2.